The number of aliphatic hydroxyl groups excluding tert-OH is 1. The Kier molecular flexibility index (Phi) is 7.44. The molecule has 1 unspecified atom stereocenters. The van der Waals surface area contributed by atoms with Crippen molar-refractivity contribution in [3.05, 3.63) is 35.1 Å². The average Bonchev–Trinajstić information content (AvgIpc) is 2.47. The molecule has 1 atom stereocenters. The van der Waals surface area contributed by atoms with E-state index in [1.807, 2.05) is 6.92 Å². The summed E-state index contributed by atoms with van der Waals surface area (Å²) in [5.41, 5.74) is 0.509. The molecule has 4 nitrogen and oxygen atoms in total. The van der Waals surface area contributed by atoms with Crippen molar-refractivity contribution in [2.24, 2.45) is 0 Å². The van der Waals surface area contributed by atoms with Crippen molar-refractivity contribution in [3.8, 4) is 11.8 Å². The van der Waals surface area contributed by atoms with Gasteiger partial charge in [0, 0.05) is 31.7 Å². The molecule has 0 aromatic heterocycles. The number of rotatable bonds is 6. The van der Waals surface area contributed by atoms with Gasteiger partial charge >= 0.3 is 0 Å². The van der Waals surface area contributed by atoms with Crippen LogP contribution >= 0.6 is 0 Å². The quantitative estimate of drug-likeness (QED) is 0.785. The third kappa shape index (κ3) is 5.94. The number of carbonyl (C=O) groups excluding carboxylic acids is 1. The maximum absolute atomic E-state index is 13.7. The first kappa shape index (κ1) is 17.2. The molecule has 21 heavy (non-hydrogen) atoms. The molecule has 0 saturated carbocycles. The molecule has 0 heterocycles. The van der Waals surface area contributed by atoms with Crippen LogP contribution in [0.1, 0.15) is 35.7 Å². The van der Waals surface area contributed by atoms with Crippen LogP contribution < -0.4 is 5.32 Å². The minimum atomic E-state index is -0.584. The Morgan fingerprint density at radius 2 is 2.29 bits per heavy atom. The number of halogens is 1. The molecule has 114 valence electrons. The molecular formula is C16H20FNO3. The van der Waals surface area contributed by atoms with E-state index in [9.17, 15) is 9.18 Å². The number of methoxy groups -OCH3 is 1. The Balaban J connectivity index is 2.79. The summed E-state index contributed by atoms with van der Waals surface area (Å²) in [6.07, 6.45) is 0.993. The Hall–Kier alpha value is -1.90. The summed E-state index contributed by atoms with van der Waals surface area (Å²) < 4.78 is 18.7. The van der Waals surface area contributed by atoms with E-state index in [1.165, 1.54) is 18.2 Å². The summed E-state index contributed by atoms with van der Waals surface area (Å²) in [7, 11) is 1.59. The molecular weight excluding hydrogens is 273 g/mol. The van der Waals surface area contributed by atoms with Gasteiger partial charge in [-0.3, -0.25) is 4.79 Å². The van der Waals surface area contributed by atoms with Crippen molar-refractivity contribution in [3.63, 3.8) is 0 Å². The molecule has 0 aliphatic heterocycles. The molecule has 2 N–H and O–H groups in total. The Morgan fingerprint density at radius 3 is 2.95 bits per heavy atom. The highest BCUT2D eigenvalue weighted by Crippen LogP contribution is 2.10. The summed E-state index contributed by atoms with van der Waals surface area (Å²) in [6.45, 7) is 2.33. The maximum Gasteiger partial charge on any atom is 0.254 e. The van der Waals surface area contributed by atoms with Gasteiger partial charge in [0.05, 0.1) is 12.2 Å². The van der Waals surface area contributed by atoms with Crippen molar-refractivity contribution < 1.29 is 19.0 Å². The monoisotopic (exact) mass is 293 g/mol. The zero-order valence-electron chi connectivity index (χ0n) is 12.3. The highest BCUT2D eigenvalue weighted by atomic mass is 19.1. The SMILES string of the molecule is COCCC(C)NC(=O)c1cc(C#CCCO)ccc1F. The van der Waals surface area contributed by atoms with Gasteiger partial charge < -0.3 is 15.2 Å². The molecule has 0 radical (unpaired) electrons. The molecule has 5 heteroatoms. The van der Waals surface area contributed by atoms with Crippen LogP contribution in [0.2, 0.25) is 0 Å². The van der Waals surface area contributed by atoms with Gasteiger partial charge in [-0.05, 0) is 31.5 Å². The van der Waals surface area contributed by atoms with E-state index in [0.29, 0.717) is 25.0 Å². The van der Waals surface area contributed by atoms with Gasteiger partial charge in [0.1, 0.15) is 5.82 Å². The molecule has 0 aliphatic carbocycles. The lowest BCUT2D eigenvalue weighted by atomic mass is 10.1. The topological polar surface area (TPSA) is 58.6 Å². The number of hydrogen-bond acceptors (Lipinski definition) is 3. The van der Waals surface area contributed by atoms with Gasteiger partial charge in [-0.1, -0.05) is 11.8 Å². The number of benzene rings is 1. The highest BCUT2D eigenvalue weighted by molar-refractivity contribution is 5.95. The Morgan fingerprint density at radius 1 is 1.52 bits per heavy atom. The Labute approximate surface area is 124 Å². The fourth-order valence-electron chi connectivity index (χ4n) is 1.67. The molecule has 0 fully saturated rings. The summed E-state index contributed by atoms with van der Waals surface area (Å²) in [5, 5.41) is 11.4. The third-order valence-electron chi connectivity index (χ3n) is 2.81. The second-order valence-electron chi connectivity index (χ2n) is 4.63. The Bertz CT molecular complexity index is 534. The second-order valence-corrected chi connectivity index (χ2v) is 4.63. The lowest BCUT2D eigenvalue weighted by Crippen LogP contribution is -2.33. The molecule has 0 bridgehead atoms. The van der Waals surface area contributed by atoms with Crippen LogP contribution in [0.4, 0.5) is 4.39 Å². The number of carbonyl (C=O) groups is 1. The molecule has 1 amide bonds. The first-order valence-corrected chi connectivity index (χ1v) is 6.77. The van der Waals surface area contributed by atoms with E-state index in [0.717, 1.165) is 0 Å². The minimum absolute atomic E-state index is 0.0292. The van der Waals surface area contributed by atoms with Crippen LogP contribution in [0.3, 0.4) is 0 Å². The van der Waals surface area contributed by atoms with Crippen molar-refractivity contribution in [1.82, 2.24) is 5.32 Å². The number of hydrogen-bond donors (Lipinski definition) is 2. The van der Waals surface area contributed by atoms with Crippen LogP contribution in [0, 0.1) is 17.7 Å². The molecule has 1 rings (SSSR count). The number of amides is 1. The van der Waals surface area contributed by atoms with Gasteiger partial charge in [-0.15, -0.1) is 0 Å². The summed E-state index contributed by atoms with van der Waals surface area (Å²) >= 11 is 0. The smallest absolute Gasteiger partial charge is 0.254 e. The van der Waals surface area contributed by atoms with Crippen LogP contribution in [0.15, 0.2) is 18.2 Å². The second kappa shape index (κ2) is 9.11. The minimum Gasteiger partial charge on any atom is -0.395 e. The van der Waals surface area contributed by atoms with Gasteiger partial charge in [0.15, 0.2) is 0 Å². The van der Waals surface area contributed by atoms with Crippen molar-refractivity contribution in [2.75, 3.05) is 20.3 Å². The predicted molar refractivity (Wildman–Crippen MR) is 78.4 cm³/mol. The van der Waals surface area contributed by atoms with Gasteiger partial charge in [0.25, 0.3) is 5.91 Å². The lowest BCUT2D eigenvalue weighted by molar-refractivity contribution is 0.0925. The summed E-state index contributed by atoms with van der Waals surface area (Å²) in [6, 6.07) is 4.03. The fraction of sp³-hybridized carbons (Fsp3) is 0.438. The van der Waals surface area contributed by atoms with Crippen molar-refractivity contribution in [2.45, 2.75) is 25.8 Å². The first-order valence-electron chi connectivity index (χ1n) is 6.77. The summed E-state index contributed by atoms with van der Waals surface area (Å²) in [5.74, 6) is 4.46. The van der Waals surface area contributed by atoms with Crippen LogP contribution in [-0.2, 0) is 4.74 Å². The van der Waals surface area contributed by atoms with Gasteiger partial charge in [-0.2, -0.15) is 0 Å². The van der Waals surface area contributed by atoms with E-state index >= 15 is 0 Å². The number of ether oxygens (including phenoxy) is 1. The normalized spacial score (nSPS) is 11.4. The van der Waals surface area contributed by atoms with Crippen molar-refractivity contribution in [1.29, 1.82) is 0 Å². The van der Waals surface area contributed by atoms with Crippen LogP contribution in [-0.4, -0.2) is 37.4 Å². The lowest BCUT2D eigenvalue weighted by Gasteiger charge is -2.13. The van der Waals surface area contributed by atoms with E-state index in [1.54, 1.807) is 7.11 Å². The zero-order chi connectivity index (χ0) is 15.7. The average molecular weight is 293 g/mol. The molecule has 1 aromatic rings. The zero-order valence-corrected chi connectivity index (χ0v) is 12.3. The van der Waals surface area contributed by atoms with Crippen LogP contribution in [0.5, 0.6) is 0 Å². The number of nitrogens with one attached hydrogen (secondary N) is 1. The standard InChI is InChI=1S/C16H20FNO3/c1-12(8-10-21-2)18-16(20)14-11-13(5-3-4-9-19)6-7-15(14)17/h6-7,11-12,19H,4,8-10H2,1-2H3,(H,18,20). The van der Waals surface area contributed by atoms with E-state index in [2.05, 4.69) is 17.2 Å². The fourth-order valence-corrected chi connectivity index (χ4v) is 1.67. The largest absolute Gasteiger partial charge is 0.395 e. The number of aliphatic hydroxyl groups is 1. The maximum atomic E-state index is 13.7. The third-order valence-corrected chi connectivity index (χ3v) is 2.81. The molecule has 0 saturated heterocycles. The predicted octanol–water partition coefficient (Wildman–Crippen LogP) is 1.71. The van der Waals surface area contributed by atoms with Gasteiger partial charge in [0.2, 0.25) is 0 Å². The van der Waals surface area contributed by atoms with Crippen LogP contribution in [0.25, 0.3) is 0 Å². The van der Waals surface area contributed by atoms with Gasteiger partial charge in [-0.25, -0.2) is 4.39 Å². The van der Waals surface area contributed by atoms with E-state index in [-0.39, 0.29) is 18.2 Å². The van der Waals surface area contributed by atoms with Crippen molar-refractivity contribution >= 4 is 5.91 Å². The van der Waals surface area contributed by atoms with E-state index < -0.39 is 11.7 Å². The molecule has 0 aliphatic rings. The first-order chi connectivity index (χ1) is 10.1. The molecule has 1 aromatic carbocycles. The molecule has 0 spiro atoms. The summed E-state index contributed by atoms with van der Waals surface area (Å²) in [4.78, 5) is 12.0. The van der Waals surface area contributed by atoms with E-state index in [4.69, 9.17) is 9.84 Å². The highest BCUT2D eigenvalue weighted by Gasteiger charge is 2.14.